The maximum absolute atomic E-state index is 11.5. The van der Waals surface area contributed by atoms with Gasteiger partial charge in [-0.3, -0.25) is 4.98 Å². The number of carbonyl (C=O) groups is 1. The number of hydrogen-bond donors (Lipinski definition) is 2. The molecule has 1 aliphatic rings. The number of pyridine rings is 1. The fraction of sp³-hybridized carbons (Fsp3) is 0.320. The van der Waals surface area contributed by atoms with Gasteiger partial charge in [-0.2, -0.15) is 0 Å². The van der Waals surface area contributed by atoms with Crippen LogP contribution in [0.1, 0.15) is 64.9 Å². The van der Waals surface area contributed by atoms with Gasteiger partial charge in [0, 0.05) is 29.8 Å². The summed E-state index contributed by atoms with van der Waals surface area (Å²) in [7, 11) is 0. The summed E-state index contributed by atoms with van der Waals surface area (Å²) in [4.78, 5) is 18.4. The van der Waals surface area contributed by atoms with Crippen LogP contribution in [0.3, 0.4) is 0 Å². The third-order valence-corrected chi connectivity index (χ3v) is 6.44. The lowest BCUT2D eigenvalue weighted by Gasteiger charge is -2.28. The maximum Gasteiger partial charge on any atom is 0.335 e. The Morgan fingerprint density at radius 3 is 2.69 bits per heavy atom. The average Bonchev–Trinajstić information content (AvgIpc) is 3.27. The topological polar surface area (TPSA) is 70.4 Å². The second-order valence-corrected chi connectivity index (χ2v) is 8.58. The number of aryl methyl sites for hydroxylation is 1. The Balaban J connectivity index is 1.82. The summed E-state index contributed by atoms with van der Waals surface area (Å²) in [5.41, 5.74) is 5.36. The minimum Gasteiger partial charge on any atom is -0.478 e. The fourth-order valence-electron chi connectivity index (χ4n) is 4.58. The van der Waals surface area contributed by atoms with Crippen molar-refractivity contribution in [2.45, 2.75) is 45.7 Å². The number of aromatic carboxylic acids is 1. The summed E-state index contributed by atoms with van der Waals surface area (Å²) in [6, 6.07) is 15.2. The van der Waals surface area contributed by atoms with E-state index < -0.39 is 5.97 Å². The van der Waals surface area contributed by atoms with Crippen molar-refractivity contribution in [1.29, 1.82) is 0 Å². The molecule has 2 atom stereocenters. The molecule has 1 saturated heterocycles. The monoisotopic (exact) mass is 448 g/mol. The Bertz CT molecular complexity index is 1140. The lowest BCUT2D eigenvalue weighted by atomic mass is 9.96. The van der Waals surface area contributed by atoms with Crippen LogP contribution in [0, 0.1) is 13.8 Å². The summed E-state index contributed by atoms with van der Waals surface area (Å²) in [6.45, 7) is 7.19. The fourth-order valence-corrected chi connectivity index (χ4v) is 4.91. The molecule has 2 N–H and O–H groups in total. The maximum atomic E-state index is 11.5. The van der Waals surface area contributed by atoms with Gasteiger partial charge in [0.1, 0.15) is 0 Å². The highest BCUT2D eigenvalue weighted by molar-refractivity contribution is 7.80. The molecule has 0 spiro atoms. The first kappa shape index (κ1) is 22.0. The zero-order valence-corrected chi connectivity index (χ0v) is 19.4. The first-order valence-corrected chi connectivity index (χ1v) is 11.3. The molecule has 32 heavy (non-hydrogen) atoms. The number of nitrogens with zero attached hydrogens (tertiary/aromatic N) is 3. The second-order valence-electron chi connectivity index (χ2n) is 8.19. The molecule has 3 heterocycles. The SMILES string of the molecule is CCCCN1C(=S)N[C@@H](c2ccccn2)[C@H]1c1cc(C)n(-c2cccc(C(=O)O)c2)c1C. The molecule has 0 bridgehead atoms. The number of carboxylic acid groups (broad SMARTS) is 1. The first-order valence-electron chi connectivity index (χ1n) is 10.9. The van der Waals surface area contributed by atoms with Gasteiger partial charge < -0.3 is 19.9 Å². The van der Waals surface area contributed by atoms with Gasteiger partial charge in [-0.05, 0) is 74.4 Å². The zero-order valence-electron chi connectivity index (χ0n) is 18.6. The number of unbranched alkanes of at least 4 members (excludes halogenated alkanes) is 1. The van der Waals surface area contributed by atoms with Gasteiger partial charge in [0.15, 0.2) is 5.11 Å². The van der Waals surface area contributed by atoms with Crippen LogP contribution in [0.2, 0.25) is 0 Å². The summed E-state index contributed by atoms with van der Waals surface area (Å²) >= 11 is 5.75. The minimum atomic E-state index is -0.930. The molecule has 1 aromatic carbocycles. The van der Waals surface area contributed by atoms with E-state index in [1.807, 2.05) is 30.5 Å². The van der Waals surface area contributed by atoms with Crippen LogP contribution in [0.15, 0.2) is 54.7 Å². The average molecular weight is 449 g/mol. The van der Waals surface area contributed by atoms with Crippen LogP contribution >= 0.6 is 12.2 Å². The van der Waals surface area contributed by atoms with E-state index in [0.717, 1.165) is 47.3 Å². The molecular weight excluding hydrogens is 420 g/mol. The molecule has 1 aliphatic heterocycles. The van der Waals surface area contributed by atoms with Crippen molar-refractivity contribution in [1.82, 2.24) is 19.8 Å². The molecule has 7 heteroatoms. The molecular formula is C25H28N4O2S. The lowest BCUT2D eigenvalue weighted by molar-refractivity contribution is 0.0697. The van der Waals surface area contributed by atoms with Crippen LogP contribution < -0.4 is 5.32 Å². The number of benzene rings is 1. The minimum absolute atomic E-state index is 0.00607. The lowest BCUT2D eigenvalue weighted by Crippen LogP contribution is -2.30. The standard InChI is InChI=1S/C25H28N4O2S/c1-4-5-13-28-23(22(27-25(28)32)21-11-6-7-12-26-21)20-14-16(2)29(17(20)3)19-10-8-9-18(15-19)24(30)31/h6-12,14-15,22-23H,4-5,13H2,1-3H3,(H,27,32)(H,30,31)/t22-,23+/m0/s1. The van der Waals surface area contributed by atoms with E-state index in [2.05, 4.69) is 46.6 Å². The third-order valence-electron chi connectivity index (χ3n) is 6.09. The van der Waals surface area contributed by atoms with Crippen molar-refractivity contribution >= 4 is 23.3 Å². The van der Waals surface area contributed by atoms with Crippen LogP contribution in [-0.2, 0) is 0 Å². The molecule has 4 rings (SSSR count). The third kappa shape index (κ3) is 4.00. The van der Waals surface area contributed by atoms with Gasteiger partial charge >= 0.3 is 5.97 Å². The molecule has 0 unspecified atom stereocenters. The number of rotatable bonds is 7. The number of hydrogen-bond acceptors (Lipinski definition) is 3. The number of aromatic nitrogens is 2. The summed E-state index contributed by atoms with van der Waals surface area (Å²) in [5, 5.41) is 13.7. The Hall–Kier alpha value is -3.19. The molecule has 0 aliphatic carbocycles. The Kier molecular flexibility index (Phi) is 6.28. The second kappa shape index (κ2) is 9.12. The molecule has 1 fully saturated rings. The van der Waals surface area contributed by atoms with Crippen molar-refractivity contribution in [3.05, 3.63) is 82.9 Å². The van der Waals surface area contributed by atoms with E-state index in [9.17, 15) is 9.90 Å². The van der Waals surface area contributed by atoms with Crippen LogP contribution in [0.4, 0.5) is 0 Å². The molecule has 0 saturated carbocycles. The van der Waals surface area contributed by atoms with Gasteiger partial charge in [-0.15, -0.1) is 0 Å². The van der Waals surface area contributed by atoms with Crippen LogP contribution in [-0.4, -0.2) is 37.2 Å². The Morgan fingerprint density at radius 2 is 2.00 bits per heavy atom. The molecule has 3 aromatic rings. The Labute approximate surface area is 193 Å². The highest BCUT2D eigenvalue weighted by atomic mass is 32.1. The highest BCUT2D eigenvalue weighted by Gasteiger charge is 2.41. The summed E-state index contributed by atoms with van der Waals surface area (Å²) in [5.74, 6) is -0.930. The number of thiocarbonyl (C=S) groups is 1. The van der Waals surface area contributed by atoms with E-state index in [0.29, 0.717) is 0 Å². The quantitative estimate of drug-likeness (QED) is 0.498. The smallest absolute Gasteiger partial charge is 0.335 e. The van der Waals surface area contributed by atoms with Gasteiger partial charge in [-0.1, -0.05) is 25.5 Å². The van der Waals surface area contributed by atoms with Crippen molar-refractivity contribution in [2.24, 2.45) is 0 Å². The first-order chi connectivity index (χ1) is 15.4. The van der Waals surface area contributed by atoms with Crippen LogP contribution in [0.5, 0.6) is 0 Å². The van der Waals surface area contributed by atoms with E-state index in [4.69, 9.17) is 12.2 Å². The van der Waals surface area contributed by atoms with Gasteiger partial charge in [-0.25, -0.2) is 4.79 Å². The molecule has 6 nitrogen and oxygen atoms in total. The Morgan fingerprint density at radius 1 is 1.19 bits per heavy atom. The van der Waals surface area contributed by atoms with Crippen molar-refractivity contribution in [3.8, 4) is 5.69 Å². The predicted octanol–water partition coefficient (Wildman–Crippen LogP) is 4.96. The van der Waals surface area contributed by atoms with Gasteiger partial charge in [0.25, 0.3) is 0 Å². The number of carboxylic acids is 1. The number of nitrogens with one attached hydrogen (secondary N) is 1. The summed E-state index contributed by atoms with van der Waals surface area (Å²) < 4.78 is 2.12. The molecule has 2 aromatic heterocycles. The van der Waals surface area contributed by atoms with Crippen LogP contribution in [0.25, 0.3) is 5.69 Å². The van der Waals surface area contributed by atoms with Gasteiger partial charge in [0.05, 0.1) is 23.3 Å². The van der Waals surface area contributed by atoms with Gasteiger partial charge in [0.2, 0.25) is 0 Å². The molecule has 0 amide bonds. The normalized spacial score (nSPS) is 18.1. The molecule has 166 valence electrons. The van der Waals surface area contributed by atoms with E-state index in [1.165, 1.54) is 5.56 Å². The largest absolute Gasteiger partial charge is 0.478 e. The van der Waals surface area contributed by atoms with E-state index >= 15 is 0 Å². The predicted molar refractivity (Wildman–Crippen MR) is 129 cm³/mol. The van der Waals surface area contributed by atoms with E-state index in [-0.39, 0.29) is 17.6 Å². The summed E-state index contributed by atoms with van der Waals surface area (Å²) in [6.07, 6.45) is 3.94. The van der Waals surface area contributed by atoms with Crippen molar-refractivity contribution < 1.29 is 9.90 Å². The van der Waals surface area contributed by atoms with Crippen molar-refractivity contribution in [2.75, 3.05) is 6.54 Å². The highest BCUT2D eigenvalue weighted by Crippen LogP contribution is 2.41. The van der Waals surface area contributed by atoms with E-state index in [1.54, 1.807) is 18.2 Å². The molecule has 0 radical (unpaired) electrons. The van der Waals surface area contributed by atoms with Crippen molar-refractivity contribution in [3.63, 3.8) is 0 Å². The zero-order chi connectivity index (χ0) is 22.8.